The van der Waals surface area contributed by atoms with E-state index in [1.165, 1.54) is 6.07 Å². The Labute approximate surface area is 195 Å². The number of halogens is 3. The van der Waals surface area contributed by atoms with Gasteiger partial charge in [-0.25, -0.2) is 15.0 Å². The summed E-state index contributed by atoms with van der Waals surface area (Å²) in [6, 6.07) is 5.95. The molecule has 1 saturated heterocycles. The highest BCUT2D eigenvalue weighted by Crippen LogP contribution is 2.47. The van der Waals surface area contributed by atoms with Crippen LogP contribution in [0.3, 0.4) is 0 Å². The summed E-state index contributed by atoms with van der Waals surface area (Å²) in [7, 11) is 0. The predicted molar refractivity (Wildman–Crippen MR) is 120 cm³/mol. The summed E-state index contributed by atoms with van der Waals surface area (Å²) < 4.78 is 40.2. The lowest BCUT2D eigenvalue weighted by atomic mass is 10.0. The van der Waals surface area contributed by atoms with Gasteiger partial charge in [-0.2, -0.15) is 13.2 Å². The summed E-state index contributed by atoms with van der Waals surface area (Å²) in [5.41, 5.74) is 1.83. The van der Waals surface area contributed by atoms with Gasteiger partial charge in [0.05, 0.1) is 23.3 Å². The molecule has 178 valence electrons. The summed E-state index contributed by atoms with van der Waals surface area (Å²) in [6.07, 6.45) is 1.85. The first-order chi connectivity index (χ1) is 16.2. The molecule has 7 nitrogen and oxygen atoms in total. The number of nitrogens with zero attached hydrogens (tertiary/aromatic N) is 5. The second kappa shape index (κ2) is 8.41. The van der Waals surface area contributed by atoms with E-state index >= 15 is 0 Å². The first-order valence-corrected chi connectivity index (χ1v) is 11.3. The number of likely N-dealkylation sites (tertiary alicyclic amines) is 1. The summed E-state index contributed by atoms with van der Waals surface area (Å²) >= 11 is 0. The minimum atomic E-state index is -4.43. The van der Waals surface area contributed by atoms with E-state index in [1.54, 1.807) is 10.9 Å². The fraction of sp³-hybridized carbons (Fsp3) is 0.417. The number of carbonyl (C=O) groups excluding carboxylic acids is 1. The van der Waals surface area contributed by atoms with Crippen molar-refractivity contribution in [2.24, 2.45) is 11.8 Å². The SMILES string of the molecule is Cc1cn(-c2ccc(C)nc2C(=O)N2C[C@@H]3C[C@@H]3C[C@H]2CNc2ccc(C(F)(F)F)cn2)cn1. The van der Waals surface area contributed by atoms with Crippen LogP contribution < -0.4 is 5.32 Å². The zero-order chi connectivity index (χ0) is 24.0. The second-order valence-corrected chi connectivity index (χ2v) is 9.16. The van der Waals surface area contributed by atoms with Gasteiger partial charge in [0.1, 0.15) is 5.82 Å². The Kier molecular flexibility index (Phi) is 5.53. The van der Waals surface area contributed by atoms with Gasteiger partial charge in [-0.15, -0.1) is 0 Å². The van der Waals surface area contributed by atoms with Crippen LogP contribution in [-0.4, -0.2) is 49.5 Å². The number of amides is 1. The first kappa shape index (κ1) is 22.4. The van der Waals surface area contributed by atoms with Crippen molar-refractivity contribution >= 4 is 11.7 Å². The van der Waals surface area contributed by atoms with E-state index in [-0.39, 0.29) is 11.9 Å². The second-order valence-electron chi connectivity index (χ2n) is 9.16. The van der Waals surface area contributed by atoms with Gasteiger partial charge < -0.3 is 14.8 Å². The number of rotatable bonds is 5. The zero-order valence-corrected chi connectivity index (χ0v) is 18.9. The molecule has 2 fully saturated rings. The third-order valence-electron chi connectivity index (χ3n) is 6.59. The van der Waals surface area contributed by atoms with E-state index in [0.29, 0.717) is 42.1 Å². The third-order valence-corrected chi connectivity index (χ3v) is 6.59. The van der Waals surface area contributed by atoms with Crippen LogP contribution >= 0.6 is 0 Å². The molecule has 1 aliphatic carbocycles. The van der Waals surface area contributed by atoms with Gasteiger partial charge in [-0.1, -0.05) is 0 Å². The van der Waals surface area contributed by atoms with E-state index < -0.39 is 11.7 Å². The molecule has 1 N–H and O–H groups in total. The van der Waals surface area contributed by atoms with Crippen molar-refractivity contribution in [3.8, 4) is 5.69 Å². The topological polar surface area (TPSA) is 75.9 Å². The Morgan fingerprint density at radius 2 is 1.91 bits per heavy atom. The van der Waals surface area contributed by atoms with Gasteiger partial charge in [0.2, 0.25) is 0 Å². The first-order valence-electron chi connectivity index (χ1n) is 11.3. The number of fused-ring (bicyclic) bond motifs is 1. The molecule has 2 aliphatic rings. The molecule has 1 saturated carbocycles. The minimum absolute atomic E-state index is 0.111. The average molecular weight is 470 g/mol. The fourth-order valence-electron chi connectivity index (χ4n) is 4.64. The fourth-order valence-corrected chi connectivity index (χ4v) is 4.64. The molecule has 4 heterocycles. The maximum absolute atomic E-state index is 13.8. The van der Waals surface area contributed by atoms with Gasteiger partial charge in [0.15, 0.2) is 5.69 Å². The van der Waals surface area contributed by atoms with Crippen LogP contribution in [0.1, 0.15) is 40.3 Å². The van der Waals surface area contributed by atoms with Crippen LogP contribution in [0.5, 0.6) is 0 Å². The Hall–Kier alpha value is -3.43. The Bertz CT molecular complexity index is 1210. The number of pyridine rings is 2. The van der Waals surface area contributed by atoms with Crippen molar-refractivity contribution in [3.05, 3.63) is 65.6 Å². The number of alkyl halides is 3. The van der Waals surface area contributed by atoms with E-state index in [0.717, 1.165) is 36.5 Å². The molecule has 0 spiro atoms. The van der Waals surface area contributed by atoms with Crippen LogP contribution in [0.2, 0.25) is 0 Å². The molecule has 0 radical (unpaired) electrons. The van der Waals surface area contributed by atoms with Crippen LogP contribution in [-0.2, 0) is 6.18 Å². The van der Waals surface area contributed by atoms with Crippen molar-refractivity contribution < 1.29 is 18.0 Å². The third kappa shape index (κ3) is 4.49. The number of piperidine rings is 1. The molecule has 1 amide bonds. The van der Waals surface area contributed by atoms with Crippen LogP contribution in [0.15, 0.2) is 43.0 Å². The summed E-state index contributed by atoms with van der Waals surface area (Å²) in [5.74, 6) is 1.27. The van der Waals surface area contributed by atoms with Gasteiger partial charge in [-0.3, -0.25) is 4.79 Å². The van der Waals surface area contributed by atoms with Gasteiger partial charge >= 0.3 is 6.18 Å². The standard InChI is InChI=1S/C24H25F3N6O/c1-14-3-5-20(32-11-15(2)30-13-32)22(31-14)23(34)33-12-17-7-16(17)8-19(33)10-29-21-6-4-18(9-28-21)24(25,26)27/h3-6,9,11,13,16-17,19H,7-8,10,12H2,1-2H3,(H,28,29)/t16-,17+,19+/m1/s1. The van der Waals surface area contributed by atoms with Crippen molar-refractivity contribution in [2.75, 3.05) is 18.4 Å². The van der Waals surface area contributed by atoms with Crippen LogP contribution in [0.25, 0.3) is 5.69 Å². The number of aryl methyl sites for hydroxylation is 2. The van der Waals surface area contributed by atoms with E-state index in [9.17, 15) is 18.0 Å². The molecular weight excluding hydrogens is 445 g/mol. The number of aromatic nitrogens is 4. The zero-order valence-electron chi connectivity index (χ0n) is 18.9. The van der Waals surface area contributed by atoms with Gasteiger partial charge in [0, 0.05) is 37.2 Å². The molecule has 0 unspecified atom stereocenters. The molecule has 0 aromatic carbocycles. The lowest BCUT2D eigenvalue weighted by Gasteiger charge is -2.36. The number of hydrogen-bond donors (Lipinski definition) is 1. The number of anilines is 1. The molecule has 1 aliphatic heterocycles. The molecule has 5 rings (SSSR count). The number of hydrogen-bond acceptors (Lipinski definition) is 5. The predicted octanol–water partition coefficient (Wildman–Crippen LogP) is 4.26. The lowest BCUT2D eigenvalue weighted by Crippen LogP contribution is -2.48. The maximum atomic E-state index is 13.8. The Morgan fingerprint density at radius 1 is 1.09 bits per heavy atom. The van der Waals surface area contributed by atoms with Crippen molar-refractivity contribution in [3.63, 3.8) is 0 Å². The summed E-state index contributed by atoms with van der Waals surface area (Å²) in [5, 5.41) is 3.12. The van der Waals surface area contributed by atoms with E-state index in [2.05, 4.69) is 20.3 Å². The highest BCUT2D eigenvalue weighted by molar-refractivity contribution is 5.96. The van der Waals surface area contributed by atoms with Crippen molar-refractivity contribution in [2.45, 2.75) is 38.9 Å². The average Bonchev–Trinajstić information content (AvgIpc) is 3.44. The molecule has 34 heavy (non-hydrogen) atoms. The number of nitrogens with one attached hydrogen (secondary N) is 1. The Morgan fingerprint density at radius 3 is 2.59 bits per heavy atom. The number of carbonyl (C=O) groups is 1. The van der Waals surface area contributed by atoms with E-state index in [1.807, 2.05) is 37.1 Å². The normalized spacial score (nSPS) is 21.8. The monoisotopic (exact) mass is 470 g/mol. The molecule has 0 bridgehead atoms. The lowest BCUT2D eigenvalue weighted by molar-refractivity contribution is -0.137. The van der Waals surface area contributed by atoms with Crippen LogP contribution in [0.4, 0.5) is 19.0 Å². The largest absolute Gasteiger partial charge is 0.417 e. The summed E-state index contributed by atoms with van der Waals surface area (Å²) in [4.78, 5) is 28.4. The number of imidazole rings is 1. The molecule has 3 atom stereocenters. The Balaban J connectivity index is 1.37. The van der Waals surface area contributed by atoms with Gasteiger partial charge in [-0.05, 0) is 62.8 Å². The molecule has 10 heteroatoms. The van der Waals surface area contributed by atoms with Gasteiger partial charge in [0.25, 0.3) is 5.91 Å². The highest BCUT2D eigenvalue weighted by atomic mass is 19.4. The smallest absolute Gasteiger partial charge is 0.368 e. The van der Waals surface area contributed by atoms with Crippen LogP contribution in [0, 0.1) is 25.7 Å². The van der Waals surface area contributed by atoms with E-state index in [4.69, 9.17) is 0 Å². The summed E-state index contributed by atoms with van der Waals surface area (Å²) in [6.45, 7) is 4.78. The maximum Gasteiger partial charge on any atom is 0.417 e. The highest BCUT2D eigenvalue weighted by Gasteiger charge is 2.47. The van der Waals surface area contributed by atoms with Crippen molar-refractivity contribution in [1.82, 2.24) is 24.4 Å². The quantitative estimate of drug-likeness (QED) is 0.603. The van der Waals surface area contributed by atoms with Crippen molar-refractivity contribution in [1.29, 1.82) is 0 Å². The molecular formula is C24H25F3N6O. The molecule has 3 aromatic heterocycles. The molecule has 3 aromatic rings. The minimum Gasteiger partial charge on any atom is -0.368 e.